The molecule has 62 valence electrons. The number of hydrogen-bond donors (Lipinski definition) is 1. The average Bonchev–Trinajstić information content (AvgIpc) is 2.36. The second-order valence-electron chi connectivity index (χ2n) is 2.40. The van der Waals surface area contributed by atoms with E-state index in [9.17, 15) is 0 Å². The smallest absolute Gasteiger partial charge is 0.110 e. The van der Waals surface area contributed by atoms with Gasteiger partial charge in [0.25, 0.3) is 0 Å². The summed E-state index contributed by atoms with van der Waals surface area (Å²) in [7, 11) is 0. The summed E-state index contributed by atoms with van der Waals surface area (Å²) in [6.07, 6.45) is 3.92. The maximum atomic E-state index is 5.85. The molecule has 1 unspecified atom stereocenters. The van der Waals surface area contributed by atoms with Gasteiger partial charge >= 0.3 is 0 Å². The molecule has 1 aromatic heterocycles. The Bertz CT molecular complexity index is 224. The molecule has 1 atom stereocenters. The van der Waals surface area contributed by atoms with Gasteiger partial charge in [0, 0.05) is 0 Å². The molecular formula is C7H11BrN2S. The van der Waals surface area contributed by atoms with Crippen molar-refractivity contribution < 1.29 is 0 Å². The topological polar surface area (TPSA) is 38.9 Å². The third-order valence-corrected chi connectivity index (χ3v) is 3.02. The fourth-order valence-corrected chi connectivity index (χ4v) is 2.15. The first kappa shape index (κ1) is 9.16. The van der Waals surface area contributed by atoms with E-state index in [-0.39, 0.29) is 6.04 Å². The van der Waals surface area contributed by atoms with Crippen LogP contribution in [0.15, 0.2) is 9.98 Å². The number of nitrogens with zero attached hydrogens (tertiary/aromatic N) is 1. The molecular weight excluding hydrogens is 224 g/mol. The van der Waals surface area contributed by atoms with E-state index in [2.05, 4.69) is 27.8 Å². The van der Waals surface area contributed by atoms with E-state index in [4.69, 9.17) is 5.73 Å². The predicted molar refractivity (Wildman–Crippen MR) is 51.7 cm³/mol. The van der Waals surface area contributed by atoms with Crippen molar-refractivity contribution in [3.63, 3.8) is 0 Å². The molecule has 1 aromatic rings. The molecule has 11 heavy (non-hydrogen) atoms. The van der Waals surface area contributed by atoms with Crippen molar-refractivity contribution in [3.05, 3.63) is 15.0 Å². The third-order valence-electron chi connectivity index (χ3n) is 1.41. The highest BCUT2D eigenvalue weighted by Gasteiger charge is 2.08. The van der Waals surface area contributed by atoms with Crippen LogP contribution in [0.5, 0.6) is 0 Å². The molecule has 0 radical (unpaired) electrons. The Balaban J connectivity index is 2.60. The van der Waals surface area contributed by atoms with Crippen molar-refractivity contribution in [2.24, 2.45) is 5.73 Å². The van der Waals surface area contributed by atoms with E-state index in [1.54, 1.807) is 17.5 Å². The van der Waals surface area contributed by atoms with Gasteiger partial charge in [-0.1, -0.05) is 13.3 Å². The fourth-order valence-electron chi connectivity index (χ4n) is 0.873. The van der Waals surface area contributed by atoms with E-state index in [1.165, 1.54) is 0 Å². The zero-order valence-electron chi connectivity index (χ0n) is 6.38. The number of nitrogens with two attached hydrogens (primary N) is 1. The van der Waals surface area contributed by atoms with Crippen LogP contribution in [0.25, 0.3) is 0 Å². The first-order valence-electron chi connectivity index (χ1n) is 3.61. The molecule has 4 heteroatoms. The monoisotopic (exact) mass is 234 g/mol. The number of aromatic nitrogens is 1. The fraction of sp³-hybridized carbons (Fsp3) is 0.571. The standard InChI is InChI=1S/C7H11BrN2S/c1-2-3-5(9)7-10-4-6(8)11-7/h4-5H,2-3,9H2,1H3. The molecule has 0 amide bonds. The lowest BCUT2D eigenvalue weighted by Crippen LogP contribution is -2.08. The van der Waals surface area contributed by atoms with Crippen molar-refractivity contribution >= 4 is 27.3 Å². The minimum absolute atomic E-state index is 0.122. The van der Waals surface area contributed by atoms with Gasteiger partial charge in [0.15, 0.2) is 0 Å². The van der Waals surface area contributed by atoms with Crippen LogP contribution in [0.4, 0.5) is 0 Å². The molecule has 0 spiro atoms. The van der Waals surface area contributed by atoms with E-state index in [0.717, 1.165) is 21.6 Å². The van der Waals surface area contributed by atoms with Crippen molar-refractivity contribution in [2.75, 3.05) is 0 Å². The van der Waals surface area contributed by atoms with Crippen LogP contribution >= 0.6 is 27.3 Å². The molecule has 0 aromatic carbocycles. The number of halogens is 1. The molecule has 0 fully saturated rings. The summed E-state index contributed by atoms with van der Waals surface area (Å²) >= 11 is 4.97. The van der Waals surface area contributed by atoms with Crippen molar-refractivity contribution in [1.29, 1.82) is 0 Å². The van der Waals surface area contributed by atoms with Crippen LogP contribution in [-0.2, 0) is 0 Å². The summed E-state index contributed by atoms with van der Waals surface area (Å²) in [6.45, 7) is 2.13. The summed E-state index contributed by atoms with van der Waals surface area (Å²) in [6, 6.07) is 0.122. The first-order valence-corrected chi connectivity index (χ1v) is 5.21. The quantitative estimate of drug-likeness (QED) is 0.874. The Morgan fingerprint density at radius 3 is 3.00 bits per heavy atom. The summed E-state index contributed by atoms with van der Waals surface area (Å²) in [5.41, 5.74) is 5.85. The van der Waals surface area contributed by atoms with Gasteiger partial charge in [-0.2, -0.15) is 0 Å². The largest absolute Gasteiger partial charge is 0.322 e. The Morgan fingerprint density at radius 2 is 2.55 bits per heavy atom. The molecule has 2 N–H and O–H groups in total. The Kier molecular flexibility index (Phi) is 3.48. The van der Waals surface area contributed by atoms with Gasteiger partial charge in [-0.25, -0.2) is 4.98 Å². The highest BCUT2D eigenvalue weighted by molar-refractivity contribution is 9.11. The molecule has 0 bridgehead atoms. The molecule has 0 saturated heterocycles. The van der Waals surface area contributed by atoms with Gasteiger partial charge in [0.05, 0.1) is 16.0 Å². The summed E-state index contributed by atoms with van der Waals surface area (Å²) in [4.78, 5) is 4.18. The minimum atomic E-state index is 0.122. The Morgan fingerprint density at radius 1 is 1.82 bits per heavy atom. The molecule has 1 heterocycles. The molecule has 2 nitrogen and oxygen atoms in total. The molecule has 0 aliphatic heterocycles. The van der Waals surface area contributed by atoms with Crippen molar-refractivity contribution in [2.45, 2.75) is 25.8 Å². The summed E-state index contributed by atoms with van der Waals surface area (Å²) < 4.78 is 1.05. The Labute approximate surface area is 79.0 Å². The van der Waals surface area contributed by atoms with Gasteiger partial charge in [0.2, 0.25) is 0 Å². The van der Waals surface area contributed by atoms with Gasteiger partial charge in [-0.3, -0.25) is 0 Å². The molecule has 1 rings (SSSR count). The minimum Gasteiger partial charge on any atom is -0.322 e. The van der Waals surface area contributed by atoms with E-state index < -0.39 is 0 Å². The SMILES string of the molecule is CCCC(N)c1ncc(Br)s1. The van der Waals surface area contributed by atoms with Crippen LogP contribution in [0, 0.1) is 0 Å². The molecule has 0 aliphatic carbocycles. The average molecular weight is 235 g/mol. The lowest BCUT2D eigenvalue weighted by Gasteiger charge is -2.04. The lowest BCUT2D eigenvalue weighted by atomic mass is 10.2. The van der Waals surface area contributed by atoms with Crippen LogP contribution in [-0.4, -0.2) is 4.98 Å². The highest BCUT2D eigenvalue weighted by atomic mass is 79.9. The van der Waals surface area contributed by atoms with Crippen molar-refractivity contribution in [3.8, 4) is 0 Å². The summed E-state index contributed by atoms with van der Waals surface area (Å²) in [5.74, 6) is 0. The number of rotatable bonds is 3. The summed E-state index contributed by atoms with van der Waals surface area (Å²) in [5, 5.41) is 1.03. The van der Waals surface area contributed by atoms with Gasteiger partial charge in [0.1, 0.15) is 5.01 Å². The van der Waals surface area contributed by atoms with Crippen LogP contribution < -0.4 is 5.73 Å². The normalized spacial score (nSPS) is 13.4. The van der Waals surface area contributed by atoms with Crippen LogP contribution in [0.1, 0.15) is 30.8 Å². The maximum absolute atomic E-state index is 5.85. The highest BCUT2D eigenvalue weighted by Crippen LogP contribution is 2.25. The molecule has 0 saturated carbocycles. The van der Waals surface area contributed by atoms with Crippen molar-refractivity contribution in [1.82, 2.24) is 4.98 Å². The van der Waals surface area contributed by atoms with Crippen LogP contribution in [0.3, 0.4) is 0 Å². The van der Waals surface area contributed by atoms with Gasteiger partial charge in [-0.15, -0.1) is 11.3 Å². The maximum Gasteiger partial charge on any atom is 0.110 e. The zero-order chi connectivity index (χ0) is 8.27. The van der Waals surface area contributed by atoms with E-state index >= 15 is 0 Å². The third kappa shape index (κ3) is 2.54. The van der Waals surface area contributed by atoms with Gasteiger partial charge in [-0.05, 0) is 22.4 Å². The Hall–Kier alpha value is 0.0700. The zero-order valence-corrected chi connectivity index (χ0v) is 8.78. The predicted octanol–water partition coefficient (Wildman–Crippen LogP) is 2.71. The number of hydrogen-bond acceptors (Lipinski definition) is 3. The second kappa shape index (κ2) is 4.18. The number of thiazole rings is 1. The molecule has 0 aliphatic rings. The van der Waals surface area contributed by atoms with E-state index in [0.29, 0.717) is 0 Å². The van der Waals surface area contributed by atoms with E-state index in [1.807, 2.05) is 0 Å². The lowest BCUT2D eigenvalue weighted by molar-refractivity contribution is 0.634. The van der Waals surface area contributed by atoms with Crippen LogP contribution in [0.2, 0.25) is 0 Å². The second-order valence-corrected chi connectivity index (χ2v) is 4.84. The first-order chi connectivity index (χ1) is 5.24. The van der Waals surface area contributed by atoms with Gasteiger partial charge < -0.3 is 5.73 Å².